The lowest BCUT2D eigenvalue weighted by Gasteiger charge is -2.08. The van der Waals surface area contributed by atoms with E-state index >= 15 is 0 Å². The maximum Gasteiger partial charge on any atom is 0.271 e. The average Bonchev–Trinajstić information content (AvgIpc) is 3.16. The highest BCUT2D eigenvalue weighted by atomic mass is 35.5. The van der Waals surface area contributed by atoms with Gasteiger partial charge in [-0.05, 0) is 60.0 Å². The fraction of sp³-hybridized carbons (Fsp3) is 0. The van der Waals surface area contributed by atoms with Gasteiger partial charge in [0, 0.05) is 21.2 Å². The zero-order valence-electron chi connectivity index (χ0n) is 13.8. The largest absolute Gasteiger partial charge is 0.280 e. The molecule has 0 radical (unpaired) electrons. The summed E-state index contributed by atoms with van der Waals surface area (Å²) in [5, 5.41) is 6.24. The Balaban J connectivity index is 1.64. The van der Waals surface area contributed by atoms with Crippen LogP contribution in [0.4, 0.5) is 5.69 Å². The molecule has 9 heteroatoms. The van der Waals surface area contributed by atoms with Gasteiger partial charge in [0.1, 0.15) is 0 Å². The summed E-state index contributed by atoms with van der Waals surface area (Å²) in [6.45, 7) is 0. The number of hydrogen-bond donors (Lipinski definition) is 2. The molecular weight excluding hydrogens is 406 g/mol. The van der Waals surface area contributed by atoms with Crippen molar-refractivity contribution in [2.24, 2.45) is 5.10 Å². The number of nitrogens with one attached hydrogen (secondary N) is 2. The molecule has 1 amide bonds. The number of rotatable bonds is 6. The second-order valence-corrected chi connectivity index (χ2v) is 8.45. The van der Waals surface area contributed by atoms with Crippen molar-refractivity contribution in [3.05, 3.63) is 81.5 Å². The molecule has 0 aliphatic heterocycles. The molecule has 2 N–H and O–H groups in total. The van der Waals surface area contributed by atoms with Crippen molar-refractivity contribution in [3.8, 4) is 0 Å². The summed E-state index contributed by atoms with van der Waals surface area (Å²) in [5.41, 5.74) is 3.11. The van der Waals surface area contributed by atoms with Gasteiger partial charge in [-0.25, -0.2) is 13.8 Å². The summed E-state index contributed by atoms with van der Waals surface area (Å²) in [6, 6.07) is 15.6. The van der Waals surface area contributed by atoms with E-state index in [1.54, 1.807) is 6.21 Å². The van der Waals surface area contributed by atoms with E-state index in [0.717, 1.165) is 4.88 Å². The minimum absolute atomic E-state index is 0.0941. The predicted octanol–water partition coefficient (Wildman–Crippen LogP) is 3.97. The van der Waals surface area contributed by atoms with Crippen molar-refractivity contribution in [2.45, 2.75) is 4.90 Å². The first-order chi connectivity index (χ1) is 12.9. The number of thiophene rings is 1. The number of carbonyl (C=O) groups excluding carboxylic acids is 1. The van der Waals surface area contributed by atoms with Crippen LogP contribution in [0.1, 0.15) is 15.2 Å². The van der Waals surface area contributed by atoms with E-state index in [9.17, 15) is 13.2 Å². The van der Waals surface area contributed by atoms with E-state index in [2.05, 4.69) is 15.2 Å². The zero-order chi connectivity index (χ0) is 19.3. The van der Waals surface area contributed by atoms with E-state index in [1.807, 2.05) is 17.5 Å². The standard InChI is InChI=1S/C18H14ClN3O3S2/c19-14-5-9-17(10-6-14)27(24,25)22-15-7-3-13(4-8-15)18(23)21-20-12-16-2-1-11-26-16/h1-12,22H,(H,21,23)/b20-12+. The van der Waals surface area contributed by atoms with Gasteiger partial charge >= 0.3 is 0 Å². The molecule has 0 atom stereocenters. The fourth-order valence-corrected chi connectivity index (χ4v) is 3.87. The van der Waals surface area contributed by atoms with Crippen LogP contribution in [0, 0.1) is 0 Å². The summed E-state index contributed by atoms with van der Waals surface area (Å²) < 4.78 is 27.1. The first-order valence-electron chi connectivity index (χ1n) is 7.69. The predicted molar refractivity (Wildman–Crippen MR) is 108 cm³/mol. The summed E-state index contributed by atoms with van der Waals surface area (Å²) in [7, 11) is -3.73. The van der Waals surface area contributed by atoms with Crippen molar-refractivity contribution in [3.63, 3.8) is 0 Å². The molecule has 0 saturated heterocycles. The minimum atomic E-state index is -3.73. The van der Waals surface area contributed by atoms with Gasteiger partial charge in [0.2, 0.25) is 0 Å². The number of halogens is 1. The molecule has 0 bridgehead atoms. The molecule has 0 fully saturated rings. The lowest BCUT2D eigenvalue weighted by molar-refractivity contribution is 0.0955. The van der Waals surface area contributed by atoms with E-state index in [4.69, 9.17) is 11.6 Å². The van der Waals surface area contributed by atoms with Gasteiger partial charge < -0.3 is 0 Å². The molecule has 6 nitrogen and oxygen atoms in total. The molecule has 2 aromatic carbocycles. The average molecular weight is 420 g/mol. The molecule has 27 heavy (non-hydrogen) atoms. The smallest absolute Gasteiger partial charge is 0.271 e. The third-order valence-electron chi connectivity index (χ3n) is 3.42. The van der Waals surface area contributed by atoms with Crippen LogP contribution in [0.3, 0.4) is 0 Å². The van der Waals surface area contributed by atoms with Crippen molar-refractivity contribution < 1.29 is 13.2 Å². The van der Waals surface area contributed by atoms with E-state index in [-0.39, 0.29) is 4.90 Å². The normalized spacial score (nSPS) is 11.4. The van der Waals surface area contributed by atoms with Crippen LogP contribution in [0.2, 0.25) is 5.02 Å². The number of amides is 1. The van der Waals surface area contributed by atoms with Crippen molar-refractivity contribution >= 4 is 50.8 Å². The molecule has 0 aliphatic carbocycles. The summed E-state index contributed by atoms with van der Waals surface area (Å²) >= 11 is 7.28. The van der Waals surface area contributed by atoms with Crippen molar-refractivity contribution in [2.75, 3.05) is 4.72 Å². The van der Waals surface area contributed by atoms with Gasteiger partial charge in [-0.2, -0.15) is 5.10 Å². The van der Waals surface area contributed by atoms with E-state index in [1.165, 1.54) is 59.9 Å². The van der Waals surface area contributed by atoms with Crippen LogP contribution < -0.4 is 10.1 Å². The van der Waals surface area contributed by atoms with Crippen LogP contribution in [-0.2, 0) is 10.0 Å². The Bertz CT molecular complexity index is 1050. The molecular formula is C18H14ClN3O3S2. The molecule has 138 valence electrons. The minimum Gasteiger partial charge on any atom is -0.280 e. The lowest BCUT2D eigenvalue weighted by Crippen LogP contribution is -2.17. The number of carbonyl (C=O) groups is 1. The molecule has 0 saturated carbocycles. The van der Waals surface area contributed by atoms with E-state index < -0.39 is 15.9 Å². The molecule has 0 aliphatic rings. The zero-order valence-corrected chi connectivity index (χ0v) is 16.2. The molecule has 0 spiro atoms. The first kappa shape index (κ1) is 19.1. The quantitative estimate of drug-likeness (QED) is 0.468. The van der Waals surface area contributed by atoms with Gasteiger partial charge in [-0.1, -0.05) is 17.7 Å². The number of hydrazone groups is 1. The Kier molecular flexibility index (Phi) is 5.90. The van der Waals surface area contributed by atoms with Gasteiger partial charge in [-0.3, -0.25) is 9.52 Å². The summed E-state index contributed by atoms with van der Waals surface area (Å²) in [4.78, 5) is 13.1. The Morgan fingerprint density at radius 2 is 1.74 bits per heavy atom. The van der Waals surface area contributed by atoms with Crippen molar-refractivity contribution in [1.82, 2.24) is 5.43 Å². The Morgan fingerprint density at radius 1 is 1.04 bits per heavy atom. The number of hydrogen-bond acceptors (Lipinski definition) is 5. The van der Waals surface area contributed by atoms with Crippen LogP contribution in [0.25, 0.3) is 0 Å². The third-order valence-corrected chi connectivity index (χ3v) is 5.88. The van der Waals surface area contributed by atoms with Crippen LogP contribution in [0.5, 0.6) is 0 Å². The number of benzene rings is 2. The lowest BCUT2D eigenvalue weighted by atomic mass is 10.2. The topological polar surface area (TPSA) is 87.6 Å². The second kappa shape index (κ2) is 8.34. The number of nitrogens with zero attached hydrogens (tertiary/aromatic N) is 1. The van der Waals surface area contributed by atoms with Crippen LogP contribution >= 0.6 is 22.9 Å². The van der Waals surface area contributed by atoms with Gasteiger partial charge in [-0.15, -0.1) is 11.3 Å². The van der Waals surface area contributed by atoms with Gasteiger partial charge in [0.15, 0.2) is 0 Å². The summed E-state index contributed by atoms with van der Waals surface area (Å²) in [5.74, 6) is -0.394. The highest BCUT2D eigenvalue weighted by Crippen LogP contribution is 2.18. The third kappa shape index (κ3) is 5.16. The number of sulfonamides is 1. The molecule has 3 aromatic rings. The van der Waals surface area contributed by atoms with E-state index in [0.29, 0.717) is 16.3 Å². The maximum absolute atomic E-state index is 12.3. The molecule has 1 aromatic heterocycles. The Morgan fingerprint density at radius 3 is 2.37 bits per heavy atom. The maximum atomic E-state index is 12.3. The fourth-order valence-electron chi connectivity index (χ4n) is 2.10. The Hall–Kier alpha value is -2.68. The van der Waals surface area contributed by atoms with Gasteiger partial charge in [0.25, 0.3) is 15.9 Å². The molecule has 1 heterocycles. The second-order valence-electron chi connectivity index (χ2n) is 5.35. The first-order valence-corrected chi connectivity index (χ1v) is 10.4. The molecule has 0 unspecified atom stereocenters. The summed E-state index contributed by atoms with van der Waals surface area (Å²) in [6.07, 6.45) is 1.55. The highest BCUT2D eigenvalue weighted by Gasteiger charge is 2.14. The van der Waals surface area contributed by atoms with Gasteiger partial charge in [0.05, 0.1) is 11.1 Å². The van der Waals surface area contributed by atoms with Crippen molar-refractivity contribution in [1.29, 1.82) is 0 Å². The molecule has 3 rings (SSSR count). The SMILES string of the molecule is O=C(N/N=C/c1cccs1)c1ccc(NS(=O)(=O)c2ccc(Cl)cc2)cc1. The number of anilines is 1. The highest BCUT2D eigenvalue weighted by molar-refractivity contribution is 7.92. The monoisotopic (exact) mass is 419 g/mol. The van der Waals surface area contributed by atoms with Crippen LogP contribution in [-0.4, -0.2) is 20.5 Å². The Labute approximate surface area is 165 Å². The van der Waals surface area contributed by atoms with Crippen LogP contribution in [0.15, 0.2) is 76.0 Å².